The molecule has 2 aromatic rings. The van der Waals surface area contributed by atoms with Crippen LogP contribution in [0.15, 0.2) is 54.6 Å². The number of non-ortho nitro benzene ring substituents is 1. The maximum atomic E-state index is 12.0. The lowest BCUT2D eigenvalue weighted by Gasteiger charge is -2.13. The molecule has 0 bridgehead atoms. The van der Waals surface area contributed by atoms with Crippen LogP contribution < -0.4 is 10.1 Å². The first-order valence-corrected chi connectivity index (χ1v) is 7.98. The van der Waals surface area contributed by atoms with Crippen LogP contribution in [0, 0.1) is 10.1 Å². The number of ether oxygens (including phenoxy) is 1. The molecule has 0 radical (unpaired) electrons. The van der Waals surface area contributed by atoms with Gasteiger partial charge in [-0.3, -0.25) is 14.9 Å². The molecule has 1 atom stereocenters. The maximum Gasteiger partial charge on any atom is 0.269 e. The zero-order valence-electron chi connectivity index (χ0n) is 14.1. The third-order valence-electron chi connectivity index (χ3n) is 3.54. The molecule has 2 aromatic carbocycles. The van der Waals surface area contributed by atoms with Gasteiger partial charge >= 0.3 is 0 Å². The number of anilines is 1. The van der Waals surface area contributed by atoms with Gasteiger partial charge in [0.15, 0.2) is 0 Å². The maximum absolute atomic E-state index is 12.0. The summed E-state index contributed by atoms with van der Waals surface area (Å²) in [5, 5.41) is 13.4. The van der Waals surface area contributed by atoms with Crippen LogP contribution in [0.3, 0.4) is 0 Å². The Bertz CT molecular complexity index is 769. The number of rotatable bonds is 7. The second kappa shape index (κ2) is 8.63. The van der Waals surface area contributed by atoms with Gasteiger partial charge in [0.2, 0.25) is 5.91 Å². The van der Waals surface area contributed by atoms with Crippen LogP contribution in [0.1, 0.15) is 25.8 Å². The summed E-state index contributed by atoms with van der Waals surface area (Å²) in [6.07, 6.45) is 3.98. The minimum absolute atomic E-state index is 0.0136. The van der Waals surface area contributed by atoms with Crippen LogP contribution >= 0.6 is 0 Å². The fourth-order valence-electron chi connectivity index (χ4n) is 2.03. The van der Waals surface area contributed by atoms with E-state index < -0.39 is 4.92 Å². The number of nitro benzene ring substituents is 1. The second-order valence-electron chi connectivity index (χ2n) is 5.54. The Morgan fingerprint density at radius 3 is 2.64 bits per heavy atom. The molecule has 0 spiro atoms. The zero-order chi connectivity index (χ0) is 18.2. The van der Waals surface area contributed by atoms with Gasteiger partial charge in [0, 0.05) is 30.0 Å². The van der Waals surface area contributed by atoms with Crippen molar-refractivity contribution in [2.24, 2.45) is 0 Å². The topological polar surface area (TPSA) is 81.5 Å². The number of amides is 1. The summed E-state index contributed by atoms with van der Waals surface area (Å²) in [4.78, 5) is 22.1. The molecule has 1 amide bonds. The van der Waals surface area contributed by atoms with Crippen LogP contribution in [0.4, 0.5) is 11.4 Å². The summed E-state index contributed by atoms with van der Waals surface area (Å²) in [7, 11) is 0. The van der Waals surface area contributed by atoms with Crippen LogP contribution in [0.2, 0.25) is 0 Å². The summed E-state index contributed by atoms with van der Waals surface area (Å²) < 4.78 is 5.72. The van der Waals surface area contributed by atoms with E-state index >= 15 is 0 Å². The fraction of sp³-hybridized carbons (Fsp3) is 0.211. The van der Waals surface area contributed by atoms with Crippen LogP contribution in [0.25, 0.3) is 6.08 Å². The lowest BCUT2D eigenvalue weighted by atomic mass is 10.2. The molecule has 0 saturated heterocycles. The first-order valence-electron chi connectivity index (χ1n) is 7.98. The predicted octanol–water partition coefficient (Wildman–Crippen LogP) is 4.42. The SMILES string of the molecule is CCC(C)Oc1cccc(NC(=O)/C=C/c2ccc([N+](=O)[O-])cc2)c1. The summed E-state index contributed by atoms with van der Waals surface area (Å²) in [6, 6.07) is 13.2. The summed E-state index contributed by atoms with van der Waals surface area (Å²) in [6.45, 7) is 4.03. The quantitative estimate of drug-likeness (QED) is 0.459. The summed E-state index contributed by atoms with van der Waals surface area (Å²) in [5.41, 5.74) is 1.36. The fourth-order valence-corrected chi connectivity index (χ4v) is 2.03. The minimum Gasteiger partial charge on any atom is -0.491 e. The van der Waals surface area contributed by atoms with Crippen molar-refractivity contribution < 1.29 is 14.5 Å². The lowest BCUT2D eigenvalue weighted by Crippen LogP contribution is -2.11. The number of carbonyl (C=O) groups is 1. The van der Waals surface area contributed by atoms with Gasteiger partial charge in [-0.05, 0) is 49.2 Å². The largest absolute Gasteiger partial charge is 0.491 e. The molecule has 6 heteroatoms. The second-order valence-corrected chi connectivity index (χ2v) is 5.54. The van der Waals surface area contributed by atoms with Crippen LogP contribution in [-0.4, -0.2) is 16.9 Å². The van der Waals surface area contributed by atoms with E-state index in [1.165, 1.54) is 18.2 Å². The lowest BCUT2D eigenvalue weighted by molar-refractivity contribution is -0.384. The normalized spacial score (nSPS) is 11.9. The molecule has 0 aliphatic rings. The average molecular weight is 340 g/mol. The van der Waals surface area contributed by atoms with Crippen molar-refractivity contribution in [2.75, 3.05) is 5.32 Å². The van der Waals surface area contributed by atoms with Gasteiger partial charge in [-0.1, -0.05) is 13.0 Å². The zero-order valence-corrected chi connectivity index (χ0v) is 14.1. The average Bonchev–Trinajstić information content (AvgIpc) is 2.60. The van der Waals surface area contributed by atoms with E-state index in [2.05, 4.69) is 5.32 Å². The van der Waals surface area contributed by atoms with Crippen molar-refractivity contribution in [2.45, 2.75) is 26.4 Å². The number of carbonyl (C=O) groups excluding carboxylic acids is 1. The Hall–Kier alpha value is -3.15. The highest BCUT2D eigenvalue weighted by Crippen LogP contribution is 2.19. The summed E-state index contributed by atoms with van der Waals surface area (Å²) in [5.74, 6) is 0.408. The van der Waals surface area contributed by atoms with Gasteiger partial charge in [-0.2, -0.15) is 0 Å². The standard InChI is InChI=1S/C19H20N2O4/c1-3-14(2)25-18-6-4-5-16(13-18)20-19(22)12-9-15-7-10-17(11-8-15)21(23)24/h4-14H,3H2,1-2H3,(H,20,22)/b12-9+. The number of benzene rings is 2. The Morgan fingerprint density at radius 2 is 2.00 bits per heavy atom. The first kappa shape index (κ1) is 18.2. The first-order chi connectivity index (χ1) is 12.0. The molecule has 1 N–H and O–H groups in total. The molecule has 1 unspecified atom stereocenters. The van der Waals surface area contributed by atoms with Gasteiger partial charge < -0.3 is 10.1 Å². The van der Waals surface area contributed by atoms with Gasteiger partial charge in [-0.25, -0.2) is 0 Å². The third-order valence-corrected chi connectivity index (χ3v) is 3.54. The number of nitro groups is 1. The number of hydrogen-bond acceptors (Lipinski definition) is 4. The molecule has 0 saturated carbocycles. The molecule has 0 heterocycles. The van der Waals surface area contributed by atoms with Gasteiger partial charge in [-0.15, -0.1) is 0 Å². The van der Waals surface area contributed by atoms with Crippen molar-refractivity contribution in [3.63, 3.8) is 0 Å². The Morgan fingerprint density at radius 1 is 1.28 bits per heavy atom. The van der Waals surface area contributed by atoms with Crippen molar-refractivity contribution in [1.29, 1.82) is 0 Å². The monoisotopic (exact) mass is 340 g/mol. The number of nitrogens with zero attached hydrogens (tertiary/aromatic N) is 1. The smallest absolute Gasteiger partial charge is 0.269 e. The van der Waals surface area contributed by atoms with E-state index in [4.69, 9.17) is 4.74 Å². The highest BCUT2D eigenvalue weighted by atomic mass is 16.6. The molecular formula is C19H20N2O4. The molecule has 2 rings (SSSR count). The Balaban J connectivity index is 1.97. The van der Waals surface area contributed by atoms with E-state index in [0.717, 1.165) is 6.42 Å². The Kier molecular flexibility index (Phi) is 6.28. The summed E-state index contributed by atoms with van der Waals surface area (Å²) >= 11 is 0. The molecule has 0 aliphatic heterocycles. The Labute approximate surface area is 146 Å². The highest BCUT2D eigenvalue weighted by Gasteiger charge is 2.05. The molecule has 25 heavy (non-hydrogen) atoms. The van der Waals surface area contributed by atoms with E-state index in [1.54, 1.807) is 30.3 Å². The highest BCUT2D eigenvalue weighted by molar-refractivity contribution is 6.02. The van der Waals surface area contributed by atoms with E-state index in [1.807, 2.05) is 26.0 Å². The van der Waals surface area contributed by atoms with Crippen molar-refractivity contribution in [1.82, 2.24) is 0 Å². The van der Waals surface area contributed by atoms with Gasteiger partial charge in [0.25, 0.3) is 5.69 Å². The predicted molar refractivity (Wildman–Crippen MR) is 97.6 cm³/mol. The van der Waals surface area contributed by atoms with Crippen molar-refractivity contribution in [3.8, 4) is 5.75 Å². The van der Waals surface area contributed by atoms with Crippen LogP contribution in [0.5, 0.6) is 5.75 Å². The van der Waals surface area contributed by atoms with E-state index in [-0.39, 0.29) is 17.7 Å². The third kappa shape index (κ3) is 5.76. The van der Waals surface area contributed by atoms with Crippen molar-refractivity contribution >= 4 is 23.4 Å². The van der Waals surface area contributed by atoms with E-state index in [9.17, 15) is 14.9 Å². The number of hydrogen-bond donors (Lipinski definition) is 1. The van der Waals surface area contributed by atoms with E-state index in [0.29, 0.717) is 17.0 Å². The minimum atomic E-state index is -0.464. The molecular weight excluding hydrogens is 320 g/mol. The molecule has 0 aromatic heterocycles. The van der Waals surface area contributed by atoms with Crippen LogP contribution in [-0.2, 0) is 4.79 Å². The van der Waals surface area contributed by atoms with Gasteiger partial charge in [0.1, 0.15) is 5.75 Å². The molecule has 0 fully saturated rings. The molecule has 6 nitrogen and oxygen atoms in total. The van der Waals surface area contributed by atoms with Gasteiger partial charge in [0.05, 0.1) is 11.0 Å². The molecule has 0 aliphatic carbocycles. The number of nitrogens with one attached hydrogen (secondary N) is 1. The van der Waals surface area contributed by atoms with Crippen molar-refractivity contribution in [3.05, 3.63) is 70.3 Å². The molecule has 130 valence electrons.